The van der Waals surface area contributed by atoms with Crippen molar-refractivity contribution in [1.82, 2.24) is 20.5 Å². The summed E-state index contributed by atoms with van der Waals surface area (Å²) in [6, 6.07) is 9.39. The van der Waals surface area contributed by atoms with Crippen molar-refractivity contribution in [2.45, 2.75) is 12.5 Å². The molecule has 3 rings (SSSR count). The number of benzene rings is 1. The number of aromatic nitrogens is 1. The van der Waals surface area contributed by atoms with Gasteiger partial charge in [0.1, 0.15) is 5.82 Å². The van der Waals surface area contributed by atoms with Crippen LogP contribution in [0.1, 0.15) is 16.5 Å². The Morgan fingerprint density at radius 2 is 2.11 bits per heavy atom. The molecule has 0 bridgehead atoms. The molecule has 0 fully saturated rings. The Morgan fingerprint density at radius 1 is 1.29 bits per heavy atom. The number of halogens is 2. The second-order valence-corrected chi connectivity index (χ2v) is 7.61. The number of thiophene rings is 1. The van der Waals surface area contributed by atoms with Gasteiger partial charge in [0.2, 0.25) is 0 Å². The van der Waals surface area contributed by atoms with Crippen LogP contribution in [0, 0.1) is 5.82 Å². The molecule has 152 valence electrons. The molecule has 0 saturated carbocycles. The van der Waals surface area contributed by atoms with E-state index in [0.717, 1.165) is 41.9 Å². The van der Waals surface area contributed by atoms with Crippen molar-refractivity contribution in [3.63, 3.8) is 0 Å². The van der Waals surface area contributed by atoms with Gasteiger partial charge in [-0.2, -0.15) is 0 Å². The van der Waals surface area contributed by atoms with E-state index in [4.69, 9.17) is 0 Å². The minimum absolute atomic E-state index is 0. The van der Waals surface area contributed by atoms with Crippen molar-refractivity contribution in [2.75, 3.05) is 34.2 Å². The largest absolute Gasteiger partial charge is 0.361 e. The maximum absolute atomic E-state index is 13.3. The zero-order valence-corrected chi connectivity index (χ0v) is 19.5. The Kier molecular flexibility index (Phi) is 8.71. The molecule has 1 unspecified atom stereocenters. The summed E-state index contributed by atoms with van der Waals surface area (Å²) in [7, 11) is 5.95. The molecule has 8 heteroatoms. The fourth-order valence-corrected chi connectivity index (χ4v) is 4.04. The van der Waals surface area contributed by atoms with E-state index in [2.05, 4.69) is 57.1 Å². The summed E-state index contributed by atoms with van der Waals surface area (Å²) in [6.07, 6.45) is 2.77. The quantitative estimate of drug-likeness (QED) is 0.254. The number of H-pyrrole nitrogens is 1. The van der Waals surface area contributed by atoms with Crippen molar-refractivity contribution in [1.29, 1.82) is 0 Å². The van der Waals surface area contributed by atoms with E-state index in [9.17, 15) is 4.39 Å². The highest BCUT2D eigenvalue weighted by Crippen LogP contribution is 2.22. The Hall–Kier alpha value is -1.65. The average Bonchev–Trinajstić information content (AvgIpc) is 3.30. The minimum atomic E-state index is -0.222. The van der Waals surface area contributed by atoms with Gasteiger partial charge >= 0.3 is 0 Å². The molecule has 0 aliphatic carbocycles. The van der Waals surface area contributed by atoms with Crippen molar-refractivity contribution >= 4 is 52.2 Å². The number of aliphatic imine (C=N–C) groups is 1. The number of nitrogens with one attached hydrogen (secondary N) is 3. The Balaban J connectivity index is 0.00000280. The number of nitrogens with zero attached hydrogens (tertiary/aromatic N) is 2. The molecule has 5 nitrogen and oxygen atoms in total. The van der Waals surface area contributed by atoms with Crippen LogP contribution in [0.5, 0.6) is 0 Å². The lowest BCUT2D eigenvalue weighted by atomic mass is 10.1. The molecule has 0 spiro atoms. The van der Waals surface area contributed by atoms with E-state index in [1.807, 2.05) is 12.3 Å². The van der Waals surface area contributed by atoms with Crippen LogP contribution < -0.4 is 10.6 Å². The van der Waals surface area contributed by atoms with Crippen molar-refractivity contribution in [3.8, 4) is 0 Å². The first-order valence-corrected chi connectivity index (χ1v) is 9.86. The first-order valence-electron chi connectivity index (χ1n) is 8.98. The van der Waals surface area contributed by atoms with E-state index in [-0.39, 0.29) is 29.8 Å². The van der Waals surface area contributed by atoms with Crippen LogP contribution in [-0.2, 0) is 6.42 Å². The van der Waals surface area contributed by atoms with Gasteiger partial charge in [-0.05, 0) is 55.7 Å². The SMILES string of the molecule is CN=C(NCCc1c[nH]c2cc(F)ccc12)NCC(c1cccs1)N(C)C.I. The van der Waals surface area contributed by atoms with Crippen molar-refractivity contribution in [3.05, 3.63) is 58.2 Å². The van der Waals surface area contributed by atoms with Crippen LogP contribution in [0.3, 0.4) is 0 Å². The summed E-state index contributed by atoms with van der Waals surface area (Å²) in [5.74, 6) is 0.559. The summed E-state index contributed by atoms with van der Waals surface area (Å²) >= 11 is 1.76. The number of fused-ring (bicyclic) bond motifs is 1. The predicted octanol–water partition coefficient (Wildman–Crippen LogP) is 4.00. The van der Waals surface area contributed by atoms with Gasteiger partial charge in [-0.1, -0.05) is 6.07 Å². The fourth-order valence-electron chi connectivity index (χ4n) is 3.11. The molecule has 2 aromatic heterocycles. The molecule has 0 aliphatic rings. The number of likely N-dealkylation sites (N-methyl/N-ethyl adjacent to an activating group) is 1. The molecular weight excluding hydrogens is 488 g/mol. The predicted molar refractivity (Wildman–Crippen MR) is 127 cm³/mol. The molecule has 1 aromatic carbocycles. The summed E-state index contributed by atoms with van der Waals surface area (Å²) in [5, 5.41) is 9.93. The molecule has 2 heterocycles. The molecule has 0 aliphatic heterocycles. The topological polar surface area (TPSA) is 55.5 Å². The lowest BCUT2D eigenvalue weighted by Crippen LogP contribution is -2.42. The molecule has 0 saturated heterocycles. The lowest BCUT2D eigenvalue weighted by molar-refractivity contribution is 0.302. The molecular formula is C20H27FIN5S. The van der Waals surface area contributed by atoms with Gasteiger partial charge in [0.05, 0.1) is 6.04 Å². The summed E-state index contributed by atoms with van der Waals surface area (Å²) in [4.78, 5) is 11.0. The number of rotatable bonds is 7. The average molecular weight is 515 g/mol. The fraction of sp³-hybridized carbons (Fsp3) is 0.350. The van der Waals surface area contributed by atoms with Crippen LogP contribution in [-0.4, -0.2) is 50.1 Å². The molecule has 3 N–H and O–H groups in total. The molecule has 0 amide bonds. The third kappa shape index (κ3) is 5.68. The van der Waals surface area contributed by atoms with Crippen LogP contribution in [0.15, 0.2) is 46.9 Å². The minimum Gasteiger partial charge on any atom is -0.361 e. The number of aromatic amines is 1. The second-order valence-electron chi connectivity index (χ2n) is 6.63. The summed E-state index contributed by atoms with van der Waals surface area (Å²) in [6.45, 7) is 1.52. The molecule has 28 heavy (non-hydrogen) atoms. The van der Waals surface area contributed by atoms with Crippen LogP contribution >= 0.6 is 35.3 Å². The van der Waals surface area contributed by atoms with E-state index in [0.29, 0.717) is 6.04 Å². The number of guanidine groups is 1. The highest BCUT2D eigenvalue weighted by atomic mass is 127. The molecule has 1 atom stereocenters. The van der Waals surface area contributed by atoms with Gasteiger partial charge in [0, 0.05) is 42.1 Å². The highest BCUT2D eigenvalue weighted by molar-refractivity contribution is 14.0. The zero-order valence-electron chi connectivity index (χ0n) is 16.3. The first kappa shape index (κ1) is 22.6. The Bertz CT molecular complexity index is 891. The van der Waals surface area contributed by atoms with Gasteiger partial charge in [-0.3, -0.25) is 4.99 Å². The van der Waals surface area contributed by atoms with Crippen molar-refractivity contribution < 1.29 is 4.39 Å². The van der Waals surface area contributed by atoms with Gasteiger partial charge in [-0.15, -0.1) is 35.3 Å². The first-order chi connectivity index (χ1) is 13.1. The smallest absolute Gasteiger partial charge is 0.191 e. The van der Waals surface area contributed by atoms with Gasteiger partial charge in [-0.25, -0.2) is 4.39 Å². The number of hydrogen-bond donors (Lipinski definition) is 3. The third-order valence-electron chi connectivity index (χ3n) is 4.60. The van der Waals surface area contributed by atoms with Crippen molar-refractivity contribution in [2.24, 2.45) is 4.99 Å². The maximum Gasteiger partial charge on any atom is 0.191 e. The summed E-state index contributed by atoms with van der Waals surface area (Å²) < 4.78 is 13.3. The van der Waals surface area contributed by atoms with Gasteiger partial charge < -0.3 is 20.5 Å². The monoisotopic (exact) mass is 515 g/mol. The van der Waals surface area contributed by atoms with E-state index in [1.165, 1.54) is 17.0 Å². The Labute approximate surface area is 186 Å². The van der Waals surface area contributed by atoms with E-state index < -0.39 is 0 Å². The molecule has 0 radical (unpaired) electrons. The highest BCUT2D eigenvalue weighted by Gasteiger charge is 2.15. The van der Waals surface area contributed by atoms with E-state index >= 15 is 0 Å². The van der Waals surface area contributed by atoms with Gasteiger partial charge in [0.15, 0.2) is 5.96 Å². The zero-order chi connectivity index (χ0) is 19.2. The standard InChI is InChI=1S/C20H26FN5S.HI/c1-22-20(25-13-18(26(2)3)19-5-4-10-27-19)23-9-8-14-12-24-17-11-15(21)6-7-16(14)17;/h4-7,10-12,18,24H,8-9,13H2,1-3H3,(H2,22,23,25);1H. The number of hydrogen-bond acceptors (Lipinski definition) is 3. The molecule has 3 aromatic rings. The lowest BCUT2D eigenvalue weighted by Gasteiger charge is -2.24. The van der Waals surface area contributed by atoms with Crippen LogP contribution in [0.25, 0.3) is 10.9 Å². The van der Waals surface area contributed by atoms with Gasteiger partial charge in [0.25, 0.3) is 0 Å². The van der Waals surface area contributed by atoms with Crippen LogP contribution in [0.4, 0.5) is 4.39 Å². The van der Waals surface area contributed by atoms with E-state index in [1.54, 1.807) is 18.4 Å². The second kappa shape index (κ2) is 10.8. The normalized spacial score (nSPS) is 12.8. The summed E-state index contributed by atoms with van der Waals surface area (Å²) in [5.41, 5.74) is 2.00. The van der Waals surface area contributed by atoms with Crippen LogP contribution in [0.2, 0.25) is 0 Å². The third-order valence-corrected chi connectivity index (χ3v) is 5.57. The Morgan fingerprint density at radius 3 is 2.79 bits per heavy atom. The maximum atomic E-state index is 13.3.